The van der Waals surface area contributed by atoms with Crippen molar-refractivity contribution in [2.45, 2.75) is 5.41 Å². The fourth-order valence-corrected chi connectivity index (χ4v) is 9.48. The molecule has 0 N–H and O–H groups in total. The molecule has 12 rings (SSSR count). The molecule has 1 aromatic heterocycles. The summed E-state index contributed by atoms with van der Waals surface area (Å²) in [6.07, 6.45) is 0. The van der Waals surface area contributed by atoms with Gasteiger partial charge in [-0.3, -0.25) is 0 Å². The largest absolute Gasteiger partial charge is 0.450 e. The van der Waals surface area contributed by atoms with Crippen molar-refractivity contribution in [2.24, 2.45) is 0 Å². The number of ether oxygens (including phenoxy) is 2. The van der Waals surface area contributed by atoms with E-state index in [1.165, 1.54) is 33.4 Å². The van der Waals surface area contributed by atoms with Crippen molar-refractivity contribution in [1.82, 2.24) is 9.97 Å². The summed E-state index contributed by atoms with van der Waals surface area (Å²) in [4.78, 5) is 10.4. The molecular formula is C57H36N2O2. The van der Waals surface area contributed by atoms with Crippen LogP contribution in [0.2, 0.25) is 0 Å². The number of fused-ring (bicyclic) bond motifs is 6. The molecule has 4 heteroatoms. The normalized spacial score (nSPS) is 13.0. The zero-order valence-corrected chi connectivity index (χ0v) is 33.0. The summed E-state index contributed by atoms with van der Waals surface area (Å²) in [5, 5.41) is 1.01. The van der Waals surface area contributed by atoms with Crippen molar-refractivity contribution < 1.29 is 9.47 Å². The Morgan fingerprint density at radius 1 is 0.328 bits per heavy atom. The summed E-state index contributed by atoms with van der Waals surface area (Å²) in [5.41, 5.74) is 14.7. The van der Waals surface area contributed by atoms with Crippen molar-refractivity contribution in [3.63, 3.8) is 0 Å². The standard InChI is InChI=1S/C57H36N2O2/c1-4-16-37(17-5-1)38-28-30-39(31-29-38)55-46-25-13-15-27-50(46)58-56(59-55)45-24-11-10-22-43(45)40-32-33-51-52(34-40)61-53-35-47-44-23-12-14-26-48(44)57(41-18-6-2-7-19-41,42-20-8-3-9-21-42)49(47)36-54(53)60-51/h1-36H. The lowest BCUT2D eigenvalue weighted by atomic mass is 9.67. The van der Waals surface area contributed by atoms with Crippen LogP contribution in [0, 0.1) is 0 Å². The summed E-state index contributed by atoms with van der Waals surface area (Å²) in [7, 11) is 0. The van der Waals surface area contributed by atoms with Gasteiger partial charge in [-0.2, -0.15) is 0 Å². The van der Waals surface area contributed by atoms with Gasteiger partial charge in [0.1, 0.15) is 0 Å². The molecule has 0 radical (unpaired) electrons. The zero-order valence-electron chi connectivity index (χ0n) is 33.0. The Bertz CT molecular complexity index is 3250. The molecule has 0 saturated carbocycles. The highest BCUT2D eigenvalue weighted by molar-refractivity contribution is 5.95. The van der Waals surface area contributed by atoms with E-state index in [4.69, 9.17) is 19.4 Å². The third-order valence-corrected chi connectivity index (χ3v) is 12.3. The second-order valence-electron chi connectivity index (χ2n) is 15.6. The third kappa shape index (κ3) is 5.61. The molecule has 0 saturated heterocycles. The van der Waals surface area contributed by atoms with Crippen LogP contribution in [0.15, 0.2) is 218 Å². The average Bonchev–Trinajstić information content (AvgIpc) is 3.62. The second-order valence-corrected chi connectivity index (χ2v) is 15.6. The molecule has 1 aliphatic carbocycles. The minimum absolute atomic E-state index is 0.531. The molecule has 61 heavy (non-hydrogen) atoms. The summed E-state index contributed by atoms with van der Waals surface area (Å²) in [6, 6.07) is 76.5. The molecule has 2 aliphatic rings. The van der Waals surface area contributed by atoms with Gasteiger partial charge in [0.25, 0.3) is 0 Å². The predicted molar refractivity (Wildman–Crippen MR) is 245 cm³/mol. The van der Waals surface area contributed by atoms with Gasteiger partial charge in [0.05, 0.1) is 16.6 Å². The van der Waals surface area contributed by atoms with Gasteiger partial charge >= 0.3 is 0 Å². The number of para-hydroxylation sites is 1. The van der Waals surface area contributed by atoms with Crippen LogP contribution >= 0.6 is 0 Å². The van der Waals surface area contributed by atoms with E-state index in [2.05, 4.69) is 188 Å². The number of hydrogen-bond donors (Lipinski definition) is 0. The highest BCUT2D eigenvalue weighted by Gasteiger charge is 2.47. The quantitative estimate of drug-likeness (QED) is 0.169. The van der Waals surface area contributed by atoms with E-state index >= 15 is 0 Å². The van der Waals surface area contributed by atoms with E-state index < -0.39 is 5.41 Å². The van der Waals surface area contributed by atoms with Gasteiger partial charge < -0.3 is 9.47 Å². The van der Waals surface area contributed by atoms with Crippen LogP contribution in [0.4, 0.5) is 0 Å². The molecule has 2 heterocycles. The van der Waals surface area contributed by atoms with Crippen LogP contribution in [0.1, 0.15) is 22.3 Å². The molecule has 286 valence electrons. The van der Waals surface area contributed by atoms with E-state index in [-0.39, 0.29) is 0 Å². The van der Waals surface area contributed by atoms with Gasteiger partial charge in [0.2, 0.25) is 0 Å². The monoisotopic (exact) mass is 780 g/mol. The first-order chi connectivity index (χ1) is 30.2. The number of aromatic nitrogens is 2. The topological polar surface area (TPSA) is 44.2 Å². The highest BCUT2D eigenvalue weighted by atomic mass is 16.6. The molecule has 0 unspecified atom stereocenters. The molecule has 1 aliphatic heterocycles. The van der Waals surface area contributed by atoms with Crippen LogP contribution in [0.3, 0.4) is 0 Å². The maximum atomic E-state index is 6.82. The third-order valence-electron chi connectivity index (χ3n) is 12.3. The molecule has 4 nitrogen and oxygen atoms in total. The number of hydrogen-bond acceptors (Lipinski definition) is 4. The van der Waals surface area contributed by atoms with Crippen LogP contribution in [0.5, 0.6) is 23.0 Å². The average molecular weight is 781 g/mol. The first kappa shape index (κ1) is 34.9. The van der Waals surface area contributed by atoms with Crippen molar-refractivity contribution in [3.05, 3.63) is 241 Å². The summed E-state index contributed by atoms with van der Waals surface area (Å²) in [6.45, 7) is 0. The van der Waals surface area contributed by atoms with Crippen LogP contribution in [-0.4, -0.2) is 9.97 Å². The van der Waals surface area contributed by atoms with Gasteiger partial charge in [0, 0.05) is 16.5 Å². The van der Waals surface area contributed by atoms with Gasteiger partial charge in [-0.15, -0.1) is 0 Å². The smallest absolute Gasteiger partial charge is 0.170 e. The highest BCUT2D eigenvalue weighted by Crippen LogP contribution is 2.60. The van der Waals surface area contributed by atoms with Crippen molar-refractivity contribution >= 4 is 10.9 Å². The fourth-order valence-electron chi connectivity index (χ4n) is 9.48. The van der Waals surface area contributed by atoms with E-state index in [9.17, 15) is 0 Å². The van der Waals surface area contributed by atoms with Gasteiger partial charge in [-0.05, 0) is 86.0 Å². The van der Waals surface area contributed by atoms with Crippen LogP contribution < -0.4 is 9.47 Å². The van der Waals surface area contributed by atoms with Crippen LogP contribution in [-0.2, 0) is 5.41 Å². The number of benzene rings is 9. The molecule has 10 aromatic rings. The Morgan fingerprint density at radius 3 is 1.62 bits per heavy atom. The lowest BCUT2D eigenvalue weighted by Gasteiger charge is -2.34. The minimum Gasteiger partial charge on any atom is -0.450 e. The molecule has 0 atom stereocenters. The number of nitrogens with zero attached hydrogens (tertiary/aromatic N) is 2. The molecule has 0 amide bonds. The van der Waals surface area contributed by atoms with Gasteiger partial charge in [-0.1, -0.05) is 188 Å². The van der Waals surface area contributed by atoms with Gasteiger partial charge in [-0.25, -0.2) is 9.97 Å². The van der Waals surface area contributed by atoms with E-state index in [1.807, 2.05) is 30.3 Å². The Labute approximate surface area is 354 Å². The summed E-state index contributed by atoms with van der Waals surface area (Å²) in [5.74, 6) is 3.35. The summed E-state index contributed by atoms with van der Waals surface area (Å²) >= 11 is 0. The Hall–Kier alpha value is -8.08. The molecule has 0 fully saturated rings. The Balaban J connectivity index is 0.941. The Kier molecular flexibility index (Phi) is 8.04. The SMILES string of the molecule is c1ccc(-c2ccc(-c3nc(-c4ccccc4-c4ccc5c(c4)Oc4cc6c(cc4O5)C(c4ccccc4)(c4ccccc4)c4ccccc4-6)nc4ccccc34)cc2)cc1. The second kappa shape index (κ2) is 14.0. The van der Waals surface area contributed by atoms with E-state index in [0.29, 0.717) is 28.8 Å². The summed E-state index contributed by atoms with van der Waals surface area (Å²) < 4.78 is 13.6. The fraction of sp³-hybridized carbons (Fsp3) is 0.0175. The molecular weight excluding hydrogens is 745 g/mol. The van der Waals surface area contributed by atoms with E-state index in [0.717, 1.165) is 50.0 Å². The van der Waals surface area contributed by atoms with E-state index in [1.54, 1.807) is 0 Å². The van der Waals surface area contributed by atoms with Crippen LogP contribution in [0.25, 0.3) is 66.9 Å². The predicted octanol–water partition coefficient (Wildman–Crippen LogP) is 14.6. The zero-order chi connectivity index (χ0) is 40.3. The minimum atomic E-state index is -0.531. The van der Waals surface area contributed by atoms with Gasteiger partial charge in [0.15, 0.2) is 28.8 Å². The number of rotatable bonds is 6. The molecule has 0 spiro atoms. The molecule has 9 aromatic carbocycles. The first-order valence-electron chi connectivity index (χ1n) is 20.6. The maximum Gasteiger partial charge on any atom is 0.170 e. The Morgan fingerprint density at radius 2 is 0.869 bits per heavy atom. The first-order valence-corrected chi connectivity index (χ1v) is 20.6. The van der Waals surface area contributed by atoms with Crippen molar-refractivity contribution in [2.75, 3.05) is 0 Å². The van der Waals surface area contributed by atoms with Crippen molar-refractivity contribution in [3.8, 4) is 79.0 Å². The van der Waals surface area contributed by atoms with Crippen molar-refractivity contribution in [1.29, 1.82) is 0 Å². The lowest BCUT2D eigenvalue weighted by Crippen LogP contribution is -2.28. The lowest BCUT2D eigenvalue weighted by molar-refractivity contribution is 0.359. The maximum absolute atomic E-state index is 6.82. The molecule has 0 bridgehead atoms.